The van der Waals surface area contributed by atoms with E-state index in [0.29, 0.717) is 5.56 Å². The normalized spacial score (nSPS) is 11.2. The maximum atomic E-state index is 12.6. The molecule has 0 N–H and O–H groups in total. The summed E-state index contributed by atoms with van der Waals surface area (Å²) in [5.74, 6) is 0.874. The van der Waals surface area contributed by atoms with Gasteiger partial charge >= 0.3 is 0 Å². The van der Waals surface area contributed by atoms with Gasteiger partial charge < -0.3 is 0 Å². The second-order valence-electron chi connectivity index (χ2n) is 5.38. The molecule has 0 amide bonds. The van der Waals surface area contributed by atoms with E-state index in [1.807, 2.05) is 78.9 Å². The molecule has 0 bridgehead atoms. The molecule has 0 radical (unpaired) electrons. The highest BCUT2D eigenvalue weighted by Gasteiger charge is 2.08. The lowest BCUT2D eigenvalue weighted by molar-refractivity contribution is 0.104. The van der Waals surface area contributed by atoms with Gasteiger partial charge in [0.05, 0.1) is 0 Å². The van der Waals surface area contributed by atoms with Crippen molar-refractivity contribution in [3.63, 3.8) is 0 Å². The van der Waals surface area contributed by atoms with Gasteiger partial charge in [0.25, 0.3) is 0 Å². The maximum Gasteiger partial charge on any atom is 0.186 e. The fourth-order valence-corrected chi connectivity index (χ4v) is 3.36. The van der Waals surface area contributed by atoms with Gasteiger partial charge in [0.1, 0.15) is 0 Å². The van der Waals surface area contributed by atoms with Crippen molar-refractivity contribution in [2.75, 3.05) is 0 Å². The molecule has 0 spiro atoms. The quantitative estimate of drug-likeness (QED) is 0.417. The summed E-state index contributed by atoms with van der Waals surface area (Å²) in [5.41, 5.74) is 3.03. The monoisotopic (exact) mass is 330 g/mol. The molecular formula is C22H18OS. The second-order valence-corrected chi connectivity index (χ2v) is 6.40. The molecule has 0 heterocycles. The van der Waals surface area contributed by atoms with Crippen molar-refractivity contribution in [3.8, 4) is 0 Å². The Kier molecular flexibility index (Phi) is 5.65. The lowest BCUT2D eigenvalue weighted by Gasteiger charge is -2.08. The van der Waals surface area contributed by atoms with Gasteiger partial charge in [-0.05, 0) is 11.1 Å². The molecule has 2 heteroatoms. The van der Waals surface area contributed by atoms with Crippen LogP contribution in [-0.2, 0) is 5.75 Å². The Hall–Kier alpha value is -2.58. The first-order chi connectivity index (χ1) is 11.8. The summed E-state index contributed by atoms with van der Waals surface area (Å²) >= 11 is 1.69. The minimum Gasteiger partial charge on any atom is -0.289 e. The van der Waals surface area contributed by atoms with Gasteiger partial charge in [-0.2, -0.15) is 0 Å². The standard InChI is InChI=1S/C22H18OS/c23-21(19-12-6-2-7-13-19)16-22(20-14-8-3-9-15-20)24-17-18-10-4-1-5-11-18/h1-16H,17H2/b22-16-. The van der Waals surface area contributed by atoms with E-state index in [1.54, 1.807) is 17.8 Å². The zero-order valence-electron chi connectivity index (χ0n) is 13.3. The van der Waals surface area contributed by atoms with Crippen LogP contribution in [0.1, 0.15) is 21.5 Å². The first-order valence-corrected chi connectivity index (χ1v) is 8.85. The summed E-state index contributed by atoms with van der Waals surface area (Å²) in [6.07, 6.45) is 1.75. The van der Waals surface area contributed by atoms with Crippen LogP contribution in [0.5, 0.6) is 0 Å². The Bertz CT molecular complexity index is 808. The van der Waals surface area contributed by atoms with Gasteiger partial charge in [-0.25, -0.2) is 0 Å². The maximum absolute atomic E-state index is 12.6. The number of hydrogen-bond acceptors (Lipinski definition) is 2. The van der Waals surface area contributed by atoms with E-state index in [0.717, 1.165) is 16.2 Å². The molecule has 1 nitrogen and oxygen atoms in total. The highest BCUT2D eigenvalue weighted by atomic mass is 32.2. The van der Waals surface area contributed by atoms with E-state index in [2.05, 4.69) is 12.1 Å². The molecule has 3 aromatic carbocycles. The molecule has 3 rings (SSSR count). The van der Waals surface area contributed by atoms with Crippen molar-refractivity contribution in [2.45, 2.75) is 5.75 Å². The van der Waals surface area contributed by atoms with Gasteiger partial charge in [-0.15, -0.1) is 11.8 Å². The van der Waals surface area contributed by atoms with E-state index in [4.69, 9.17) is 0 Å². The van der Waals surface area contributed by atoms with E-state index in [1.165, 1.54) is 5.56 Å². The molecule has 0 aliphatic heterocycles. The third kappa shape index (κ3) is 4.46. The number of thioether (sulfide) groups is 1. The van der Waals surface area contributed by atoms with Crippen molar-refractivity contribution in [3.05, 3.63) is 114 Å². The molecule has 0 unspecified atom stereocenters. The summed E-state index contributed by atoms with van der Waals surface area (Å²) in [6.45, 7) is 0. The fourth-order valence-electron chi connectivity index (χ4n) is 2.35. The van der Waals surface area contributed by atoms with Crippen LogP contribution in [0.2, 0.25) is 0 Å². The molecule has 24 heavy (non-hydrogen) atoms. The molecule has 118 valence electrons. The third-order valence-electron chi connectivity index (χ3n) is 3.62. The molecule has 0 aliphatic carbocycles. The zero-order chi connectivity index (χ0) is 16.6. The molecule has 0 atom stereocenters. The van der Waals surface area contributed by atoms with Gasteiger partial charge in [-0.3, -0.25) is 4.79 Å². The summed E-state index contributed by atoms with van der Waals surface area (Å²) < 4.78 is 0. The van der Waals surface area contributed by atoms with Crippen LogP contribution in [-0.4, -0.2) is 5.78 Å². The Morgan fingerprint density at radius 3 is 1.79 bits per heavy atom. The van der Waals surface area contributed by atoms with Crippen LogP contribution in [0, 0.1) is 0 Å². The SMILES string of the molecule is O=C(/C=C(\SCc1ccccc1)c1ccccc1)c1ccccc1. The molecule has 0 fully saturated rings. The number of benzene rings is 3. The van der Waals surface area contributed by atoms with Crippen LogP contribution in [0.25, 0.3) is 4.91 Å². The number of ketones is 1. The van der Waals surface area contributed by atoms with Crippen molar-refractivity contribution in [1.82, 2.24) is 0 Å². The Morgan fingerprint density at radius 2 is 1.21 bits per heavy atom. The van der Waals surface area contributed by atoms with Crippen LogP contribution >= 0.6 is 11.8 Å². The Morgan fingerprint density at radius 1 is 0.708 bits per heavy atom. The molecule has 0 saturated heterocycles. The zero-order valence-corrected chi connectivity index (χ0v) is 14.1. The summed E-state index contributed by atoms with van der Waals surface area (Å²) in [7, 11) is 0. The Balaban J connectivity index is 1.85. The number of allylic oxidation sites excluding steroid dienone is 1. The topological polar surface area (TPSA) is 17.1 Å². The Labute approximate surface area is 147 Å². The van der Waals surface area contributed by atoms with E-state index < -0.39 is 0 Å². The third-order valence-corrected chi connectivity index (χ3v) is 4.76. The second kappa shape index (κ2) is 8.32. The number of carbonyl (C=O) groups is 1. The highest BCUT2D eigenvalue weighted by molar-refractivity contribution is 8.07. The van der Waals surface area contributed by atoms with E-state index in [9.17, 15) is 4.79 Å². The summed E-state index contributed by atoms with van der Waals surface area (Å²) in [6, 6.07) is 29.8. The van der Waals surface area contributed by atoms with Crippen molar-refractivity contribution < 1.29 is 4.79 Å². The van der Waals surface area contributed by atoms with E-state index in [-0.39, 0.29) is 5.78 Å². The smallest absolute Gasteiger partial charge is 0.186 e. The first-order valence-electron chi connectivity index (χ1n) is 7.86. The number of hydrogen-bond donors (Lipinski definition) is 0. The molecule has 0 aromatic heterocycles. The molecule has 0 saturated carbocycles. The molecular weight excluding hydrogens is 312 g/mol. The lowest BCUT2D eigenvalue weighted by Crippen LogP contribution is -1.95. The predicted octanol–water partition coefficient (Wildman–Crippen LogP) is 5.84. The first kappa shape index (κ1) is 16.3. The van der Waals surface area contributed by atoms with Crippen molar-refractivity contribution in [2.24, 2.45) is 0 Å². The average Bonchev–Trinajstić information content (AvgIpc) is 2.67. The van der Waals surface area contributed by atoms with Gasteiger partial charge in [0, 0.05) is 22.3 Å². The minimum atomic E-state index is 0.0371. The largest absolute Gasteiger partial charge is 0.289 e. The average molecular weight is 330 g/mol. The number of rotatable bonds is 6. The van der Waals surface area contributed by atoms with Gasteiger partial charge in [-0.1, -0.05) is 91.0 Å². The summed E-state index contributed by atoms with van der Waals surface area (Å²) in [4.78, 5) is 13.5. The fraction of sp³-hybridized carbons (Fsp3) is 0.0455. The predicted molar refractivity (Wildman–Crippen MR) is 103 cm³/mol. The molecule has 3 aromatic rings. The summed E-state index contributed by atoms with van der Waals surface area (Å²) in [5, 5.41) is 0. The molecule has 0 aliphatic rings. The van der Waals surface area contributed by atoms with Crippen LogP contribution in [0.15, 0.2) is 97.1 Å². The van der Waals surface area contributed by atoms with E-state index >= 15 is 0 Å². The van der Waals surface area contributed by atoms with Crippen LogP contribution in [0.4, 0.5) is 0 Å². The van der Waals surface area contributed by atoms with Gasteiger partial charge in [0.15, 0.2) is 5.78 Å². The van der Waals surface area contributed by atoms with Gasteiger partial charge in [0.2, 0.25) is 0 Å². The minimum absolute atomic E-state index is 0.0371. The van der Waals surface area contributed by atoms with Crippen LogP contribution < -0.4 is 0 Å². The van der Waals surface area contributed by atoms with Crippen molar-refractivity contribution >= 4 is 22.5 Å². The highest BCUT2D eigenvalue weighted by Crippen LogP contribution is 2.30. The van der Waals surface area contributed by atoms with Crippen molar-refractivity contribution in [1.29, 1.82) is 0 Å². The lowest BCUT2D eigenvalue weighted by atomic mass is 10.1. The number of carbonyl (C=O) groups excluding carboxylic acids is 1. The van der Waals surface area contributed by atoms with Crippen LogP contribution in [0.3, 0.4) is 0 Å².